The van der Waals surface area contributed by atoms with E-state index in [4.69, 9.17) is 9.84 Å². The smallest absolute Gasteiger partial charge is 0.323 e. The van der Waals surface area contributed by atoms with Crippen molar-refractivity contribution in [3.05, 3.63) is 35.4 Å². The van der Waals surface area contributed by atoms with Crippen molar-refractivity contribution in [3.8, 4) is 0 Å². The number of hydrogen-bond donors (Lipinski definition) is 1. The number of amides is 1. The Balaban J connectivity index is 2.23. The molecule has 0 saturated heterocycles. The lowest BCUT2D eigenvalue weighted by Gasteiger charge is -2.31. The second kappa shape index (κ2) is 6.72. The summed E-state index contributed by atoms with van der Waals surface area (Å²) in [6.07, 6.45) is 0.0938. The lowest BCUT2D eigenvalue weighted by Crippen LogP contribution is -2.42. The summed E-state index contributed by atoms with van der Waals surface area (Å²) in [4.78, 5) is 25.0. The molecule has 1 aromatic rings. The monoisotopic (exact) mass is 291 g/mol. The summed E-state index contributed by atoms with van der Waals surface area (Å²) in [5, 5.41) is 9.00. The molecule has 1 N–H and O–H groups in total. The Hall–Kier alpha value is -1.88. The molecule has 2 rings (SSSR count). The first-order valence-electron chi connectivity index (χ1n) is 7.19. The summed E-state index contributed by atoms with van der Waals surface area (Å²) in [6.45, 7) is 4.51. The van der Waals surface area contributed by atoms with E-state index in [0.717, 1.165) is 17.5 Å². The summed E-state index contributed by atoms with van der Waals surface area (Å²) >= 11 is 0. The van der Waals surface area contributed by atoms with Gasteiger partial charge in [0.05, 0.1) is 6.61 Å². The first kappa shape index (κ1) is 15.5. The van der Waals surface area contributed by atoms with Gasteiger partial charge >= 0.3 is 5.97 Å². The van der Waals surface area contributed by atoms with Gasteiger partial charge in [-0.25, -0.2) is 0 Å². The van der Waals surface area contributed by atoms with E-state index < -0.39 is 12.1 Å². The molecule has 0 radical (unpaired) electrons. The molecule has 21 heavy (non-hydrogen) atoms. The number of benzene rings is 1. The van der Waals surface area contributed by atoms with Crippen LogP contribution in [0.4, 0.5) is 0 Å². The normalized spacial score (nSPS) is 17.4. The molecule has 0 spiro atoms. The number of carbonyl (C=O) groups excluding carboxylic acids is 1. The molecule has 114 valence electrons. The van der Waals surface area contributed by atoms with Gasteiger partial charge < -0.3 is 14.7 Å². The van der Waals surface area contributed by atoms with Crippen molar-refractivity contribution < 1.29 is 19.4 Å². The van der Waals surface area contributed by atoms with Gasteiger partial charge in [-0.2, -0.15) is 0 Å². The van der Waals surface area contributed by atoms with Gasteiger partial charge in [0.2, 0.25) is 0 Å². The molecule has 0 aliphatic carbocycles. The molecular formula is C16H21NO4. The summed E-state index contributed by atoms with van der Waals surface area (Å²) in [5.41, 5.74) is 1.95. The van der Waals surface area contributed by atoms with E-state index in [1.54, 1.807) is 0 Å². The fourth-order valence-corrected chi connectivity index (χ4v) is 2.60. The average molecular weight is 291 g/mol. The van der Waals surface area contributed by atoms with Crippen molar-refractivity contribution >= 4 is 11.9 Å². The lowest BCUT2D eigenvalue weighted by atomic mass is 9.96. The summed E-state index contributed by atoms with van der Waals surface area (Å²) in [5.74, 6) is -1.07. The van der Waals surface area contributed by atoms with Crippen molar-refractivity contribution in [3.63, 3.8) is 0 Å². The molecule has 1 atom stereocenters. The zero-order valence-corrected chi connectivity index (χ0v) is 12.4. The highest BCUT2D eigenvalue weighted by Gasteiger charge is 2.31. The molecule has 5 nitrogen and oxygen atoms in total. The Bertz CT molecular complexity index is 527. The molecule has 0 aromatic heterocycles. The third-order valence-corrected chi connectivity index (χ3v) is 3.44. The number of ether oxygens (including phenoxy) is 1. The van der Waals surface area contributed by atoms with Crippen LogP contribution in [0.5, 0.6) is 0 Å². The molecule has 0 saturated carbocycles. The van der Waals surface area contributed by atoms with E-state index in [1.165, 1.54) is 4.90 Å². The van der Waals surface area contributed by atoms with E-state index in [-0.39, 0.29) is 18.4 Å². The van der Waals surface area contributed by atoms with Crippen LogP contribution in [0.1, 0.15) is 31.1 Å². The highest BCUT2D eigenvalue weighted by atomic mass is 16.5. The quantitative estimate of drug-likeness (QED) is 0.899. The first-order chi connectivity index (χ1) is 9.99. The zero-order chi connectivity index (χ0) is 15.4. The number of carboxylic acids is 1. The van der Waals surface area contributed by atoms with Gasteiger partial charge in [0.15, 0.2) is 6.10 Å². The first-order valence-corrected chi connectivity index (χ1v) is 7.19. The number of rotatable bonds is 5. The van der Waals surface area contributed by atoms with Crippen LogP contribution in [0.15, 0.2) is 24.3 Å². The maximum Gasteiger partial charge on any atom is 0.323 e. The van der Waals surface area contributed by atoms with Crippen LogP contribution >= 0.6 is 0 Å². The molecular weight excluding hydrogens is 270 g/mol. The van der Waals surface area contributed by atoms with Gasteiger partial charge in [-0.3, -0.25) is 9.59 Å². The minimum Gasteiger partial charge on any atom is -0.480 e. The van der Waals surface area contributed by atoms with Crippen molar-refractivity contribution in [2.45, 2.75) is 26.4 Å². The molecule has 1 heterocycles. The maximum atomic E-state index is 12.7. The van der Waals surface area contributed by atoms with E-state index in [9.17, 15) is 9.59 Å². The van der Waals surface area contributed by atoms with Gasteiger partial charge in [0.25, 0.3) is 5.91 Å². The Morgan fingerprint density at radius 3 is 2.76 bits per heavy atom. The molecule has 1 aliphatic rings. The highest BCUT2D eigenvalue weighted by Crippen LogP contribution is 2.28. The molecule has 0 bridgehead atoms. The number of hydrogen-bond acceptors (Lipinski definition) is 3. The second-order valence-electron chi connectivity index (χ2n) is 5.71. The Morgan fingerprint density at radius 2 is 2.10 bits per heavy atom. The van der Waals surface area contributed by atoms with Gasteiger partial charge in [-0.15, -0.1) is 0 Å². The van der Waals surface area contributed by atoms with Crippen molar-refractivity contribution in [2.75, 3.05) is 19.7 Å². The predicted molar refractivity (Wildman–Crippen MR) is 77.9 cm³/mol. The van der Waals surface area contributed by atoms with Crippen molar-refractivity contribution in [1.29, 1.82) is 0 Å². The van der Waals surface area contributed by atoms with Crippen LogP contribution in [0.25, 0.3) is 0 Å². The van der Waals surface area contributed by atoms with Crippen LogP contribution in [0.2, 0.25) is 0 Å². The zero-order valence-electron chi connectivity index (χ0n) is 12.4. The number of carbonyl (C=O) groups is 2. The van der Waals surface area contributed by atoms with Crippen molar-refractivity contribution in [2.24, 2.45) is 5.92 Å². The predicted octanol–water partition coefficient (Wildman–Crippen LogP) is 1.87. The standard InChI is InChI=1S/C16H21NO4/c1-11(2)9-17(10-14(18)19)16(20)15-13-6-4-3-5-12(13)7-8-21-15/h3-6,11,15H,7-10H2,1-2H3,(H,18,19). The maximum absolute atomic E-state index is 12.7. The highest BCUT2D eigenvalue weighted by molar-refractivity contribution is 5.86. The van der Waals surface area contributed by atoms with E-state index in [1.807, 2.05) is 38.1 Å². The minimum atomic E-state index is -1.01. The molecule has 1 aliphatic heterocycles. The van der Waals surface area contributed by atoms with Crippen LogP contribution in [0, 0.1) is 5.92 Å². The van der Waals surface area contributed by atoms with Gasteiger partial charge in [0.1, 0.15) is 6.54 Å². The van der Waals surface area contributed by atoms with Crippen LogP contribution < -0.4 is 0 Å². The number of aliphatic carboxylic acids is 1. The van der Waals surface area contributed by atoms with E-state index >= 15 is 0 Å². The fraction of sp³-hybridized carbons (Fsp3) is 0.500. The van der Waals surface area contributed by atoms with Gasteiger partial charge in [-0.05, 0) is 23.5 Å². The summed E-state index contributed by atoms with van der Waals surface area (Å²) in [7, 11) is 0. The number of fused-ring (bicyclic) bond motifs is 1. The Morgan fingerprint density at radius 1 is 1.38 bits per heavy atom. The average Bonchev–Trinajstić information content (AvgIpc) is 2.44. The summed E-state index contributed by atoms with van der Waals surface area (Å²) in [6, 6.07) is 7.68. The molecule has 1 amide bonds. The molecule has 5 heteroatoms. The minimum absolute atomic E-state index is 0.201. The van der Waals surface area contributed by atoms with Crippen molar-refractivity contribution in [1.82, 2.24) is 4.90 Å². The van der Waals surface area contributed by atoms with Crippen LogP contribution in [-0.4, -0.2) is 41.6 Å². The topological polar surface area (TPSA) is 66.8 Å². The Kier molecular flexibility index (Phi) is 4.96. The van der Waals surface area contributed by atoms with Gasteiger partial charge in [0, 0.05) is 6.54 Å². The fourth-order valence-electron chi connectivity index (χ4n) is 2.60. The number of carboxylic acid groups (broad SMARTS) is 1. The van der Waals surface area contributed by atoms with Gasteiger partial charge in [-0.1, -0.05) is 38.1 Å². The second-order valence-corrected chi connectivity index (χ2v) is 5.71. The molecule has 1 aromatic carbocycles. The molecule has 1 unspecified atom stereocenters. The van der Waals surface area contributed by atoms with Crippen LogP contribution in [-0.2, 0) is 20.7 Å². The third kappa shape index (κ3) is 3.82. The largest absolute Gasteiger partial charge is 0.480 e. The van der Waals surface area contributed by atoms with E-state index in [2.05, 4.69) is 0 Å². The third-order valence-electron chi connectivity index (χ3n) is 3.44. The number of nitrogens with zero attached hydrogens (tertiary/aromatic N) is 1. The lowest BCUT2D eigenvalue weighted by molar-refractivity contribution is -0.152. The SMILES string of the molecule is CC(C)CN(CC(=O)O)C(=O)C1OCCc2ccccc21. The van der Waals surface area contributed by atoms with E-state index in [0.29, 0.717) is 13.2 Å². The summed E-state index contributed by atoms with van der Waals surface area (Å²) < 4.78 is 5.63. The Labute approximate surface area is 124 Å². The molecule has 0 fully saturated rings. The van der Waals surface area contributed by atoms with Crippen LogP contribution in [0.3, 0.4) is 0 Å².